The van der Waals surface area contributed by atoms with Crippen molar-refractivity contribution >= 4 is 11.7 Å². The van der Waals surface area contributed by atoms with Gasteiger partial charge >= 0.3 is 0 Å². The van der Waals surface area contributed by atoms with Gasteiger partial charge in [-0.25, -0.2) is 0 Å². The zero-order valence-electron chi connectivity index (χ0n) is 15.5. The molecule has 2 aliphatic rings. The van der Waals surface area contributed by atoms with E-state index in [1.54, 1.807) is 13.0 Å². The van der Waals surface area contributed by atoms with Crippen LogP contribution >= 0.6 is 0 Å². The summed E-state index contributed by atoms with van der Waals surface area (Å²) in [5.41, 5.74) is 0.974. The van der Waals surface area contributed by atoms with Crippen molar-refractivity contribution in [3.8, 4) is 0 Å². The molecule has 7 heteroatoms. The van der Waals surface area contributed by atoms with Gasteiger partial charge in [0.2, 0.25) is 5.91 Å². The number of likely N-dealkylation sites (tertiary alicyclic amines) is 1. The van der Waals surface area contributed by atoms with E-state index >= 15 is 0 Å². The Balaban J connectivity index is 1.47. The number of hydrogen-bond donors (Lipinski definition) is 1. The number of benzene rings is 1. The lowest BCUT2D eigenvalue weighted by Crippen LogP contribution is -2.44. The summed E-state index contributed by atoms with van der Waals surface area (Å²) < 4.78 is 16.4. The minimum absolute atomic E-state index is 0.0887. The zero-order chi connectivity index (χ0) is 18.6. The average Bonchev–Trinajstić information content (AvgIpc) is 3.35. The van der Waals surface area contributed by atoms with Crippen LogP contribution in [0.25, 0.3) is 0 Å². The van der Waals surface area contributed by atoms with Crippen LogP contribution in [0.2, 0.25) is 0 Å². The molecular weight excluding hydrogens is 346 g/mol. The number of ether oxygens (including phenoxy) is 2. The van der Waals surface area contributed by atoms with Gasteiger partial charge in [-0.15, -0.1) is 0 Å². The van der Waals surface area contributed by atoms with Crippen LogP contribution in [-0.4, -0.2) is 48.6 Å². The van der Waals surface area contributed by atoms with Crippen LogP contribution in [0, 0.1) is 12.8 Å². The highest BCUT2D eigenvalue weighted by Gasteiger charge is 2.35. The number of rotatable bonds is 5. The number of amides is 1. The molecule has 1 aromatic heterocycles. The molecule has 2 aliphatic heterocycles. The summed E-state index contributed by atoms with van der Waals surface area (Å²) in [5, 5.41) is 6.77. The molecule has 0 bridgehead atoms. The van der Waals surface area contributed by atoms with Crippen molar-refractivity contribution in [2.24, 2.45) is 5.92 Å². The maximum atomic E-state index is 13.1. The van der Waals surface area contributed by atoms with E-state index in [0.29, 0.717) is 30.7 Å². The molecular formula is C20H25N3O4. The summed E-state index contributed by atoms with van der Waals surface area (Å²) in [6.07, 6.45) is 1.81. The number of nitrogens with zero attached hydrogens (tertiary/aromatic N) is 2. The molecule has 0 aliphatic carbocycles. The Hall–Kier alpha value is -2.22. The molecule has 2 saturated heterocycles. The number of nitrogens with one attached hydrogen (secondary N) is 1. The lowest BCUT2D eigenvalue weighted by Gasteiger charge is -2.38. The van der Waals surface area contributed by atoms with Crippen LogP contribution < -0.4 is 5.32 Å². The minimum Gasteiger partial charge on any atom is -0.360 e. The molecule has 3 heterocycles. The molecule has 2 fully saturated rings. The fraction of sp³-hybridized carbons (Fsp3) is 0.500. The third-order valence-electron chi connectivity index (χ3n) is 5.21. The predicted octanol–water partition coefficient (Wildman–Crippen LogP) is 2.75. The standard InChI is InChI=1S/C20H25N3O4/c1-14-13-17(22-27-14)21-19(24)18(15-5-3-2-4-6-15)23-9-7-16(8-10-23)20-25-11-12-26-20/h2-6,13,16,18,20H,7-12H2,1H3,(H,21,22,24). The Morgan fingerprint density at radius 2 is 1.89 bits per heavy atom. The van der Waals surface area contributed by atoms with E-state index in [-0.39, 0.29) is 18.2 Å². The molecule has 2 aromatic rings. The predicted molar refractivity (Wildman–Crippen MR) is 99.0 cm³/mol. The van der Waals surface area contributed by atoms with Crippen LogP contribution in [0.4, 0.5) is 5.82 Å². The molecule has 1 amide bonds. The SMILES string of the molecule is Cc1cc(NC(=O)C(c2ccccc2)N2CCC(C3OCCO3)CC2)no1. The molecule has 0 spiro atoms. The maximum Gasteiger partial charge on any atom is 0.247 e. The van der Waals surface area contributed by atoms with Crippen LogP contribution in [0.5, 0.6) is 0 Å². The maximum absolute atomic E-state index is 13.1. The van der Waals surface area contributed by atoms with Gasteiger partial charge in [0, 0.05) is 12.0 Å². The second-order valence-electron chi connectivity index (χ2n) is 7.11. The summed E-state index contributed by atoms with van der Waals surface area (Å²) in [6, 6.07) is 11.2. The van der Waals surface area contributed by atoms with Gasteiger partial charge in [0.25, 0.3) is 0 Å². The van der Waals surface area contributed by atoms with Crippen molar-refractivity contribution in [2.75, 3.05) is 31.6 Å². The van der Waals surface area contributed by atoms with Crippen molar-refractivity contribution in [1.82, 2.24) is 10.1 Å². The van der Waals surface area contributed by atoms with E-state index in [2.05, 4.69) is 15.4 Å². The lowest BCUT2D eigenvalue weighted by molar-refractivity contribution is -0.124. The zero-order valence-corrected chi connectivity index (χ0v) is 15.5. The van der Waals surface area contributed by atoms with Gasteiger partial charge < -0.3 is 19.3 Å². The number of piperidine rings is 1. The Bertz CT molecular complexity index is 750. The number of aryl methyl sites for hydroxylation is 1. The Morgan fingerprint density at radius 1 is 1.19 bits per heavy atom. The van der Waals surface area contributed by atoms with Gasteiger partial charge in [-0.2, -0.15) is 0 Å². The largest absolute Gasteiger partial charge is 0.360 e. The summed E-state index contributed by atoms with van der Waals surface area (Å²) in [5.74, 6) is 1.41. The summed E-state index contributed by atoms with van der Waals surface area (Å²) in [4.78, 5) is 15.3. The smallest absolute Gasteiger partial charge is 0.247 e. The van der Waals surface area contributed by atoms with Crippen molar-refractivity contribution in [2.45, 2.75) is 32.1 Å². The monoisotopic (exact) mass is 371 g/mol. The molecule has 1 atom stereocenters. The fourth-order valence-corrected chi connectivity index (χ4v) is 3.88. The van der Waals surface area contributed by atoms with Crippen molar-refractivity contribution in [1.29, 1.82) is 0 Å². The molecule has 0 saturated carbocycles. The second kappa shape index (κ2) is 8.21. The Labute approximate surface area is 158 Å². The second-order valence-corrected chi connectivity index (χ2v) is 7.11. The highest BCUT2D eigenvalue weighted by molar-refractivity contribution is 5.94. The molecule has 7 nitrogen and oxygen atoms in total. The van der Waals surface area contributed by atoms with Crippen molar-refractivity contribution < 1.29 is 18.8 Å². The van der Waals surface area contributed by atoms with E-state index in [0.717, 1.165) is 31.5 Å². The first kappa shape index (κ1) is 18.2. The Kier molecular flexibility index (Phi) is 5.52. The molecule has 1 unspecified atom stereocenters. The highest BCUT2D eigenvalue weighted by Crippen LogP contribution is 2.31. The van der Waals surface area contributed by atoms with E-state index in [9.17, 15) is 4.79 Å². The van der Waals surface area contributed by atoms with Crippen LogP contribution in [0.1, 0.15) is 30.2 Å². The van der Waals surface area contributed by atoms with Gasteiger partial charge in [0.15, 0.2) is 12.1 Å². The van der Waals surface area contributed by atoms with Crippen LogP contribution in [0.15, 0.2) is 40.9 Å². The molecule has 144 valence electrons. The normalized spacial score (nSPS) is 20.6. The number of aromatic nitrogens is 1. The van der Waals surface area contributed by atoms with Crippen molar-refractivity contribution in [3.63, 3.8) is 0 Å². The minimum atomic E-state index is -0.366. The average molecular weight is 371 g/mol. The van der Waals surface area contributed by atoms with E-state index in [1.807, 2.05) is 30.3 Å². The van der Waals surface area contributed by atoms with Gasteiger partial charge in [0.05, 0.1) is 13.2 Å². The summed E-state index contributed by atoms with van der Waals surface area (Å²) in [6.45, 7) is 4.79. The van der Waals surface area contributed by atoms with E-state index in [4.69, 9.17) is 14.0 Å². The van der Waals surface area contributed by atoms with Gasteiger partial charge in [-0.05, 0) is 38.4 Å². The number of hydrogen-bond acceptors (Lipinski definition) is 6. The first-order chi connectivity index (χ1) is 13.2. The summed E-state index contributed by atoms with van der Waals surface area (Å²) >= 11 is 0. The molecule has 1 aromatic carbocycles. The van der Waals surface area contributed by atoms with E-state index < -0.39 is 0 Å². The van der Waals surface area contributed by atoms with Crippen molar-refractivity contribution in [3.05, 3.63) is 47.7 Å². The third kappa shape index (κ3) is 4.21. The molecule has 4 rings (SSSR count). The fourth-order valence-electron chi connectivity index (χ4n) is 3.88. The van der Waals surface area contributed by atoms with Gasteiger partial charge in [0.1, 0.15) is 11.8 Å². The topological polar surface area (TPSA) is 76.8 Å². The van der Waals surface area contributed by atoms with Gasteiger partial charge in [-0.3, -0.25) is 9.69 Å². The quantitative estimate of drug-likeness (QED) is 0.871. The number of carbonyl (C=O) groups excluding carboxylic acids is 1. The highest BCUT2D eigenvalue weighted by atomic mass is 16.7. The third-order valence-corrected chi connectivity index (χ3v) is 5.21. The number of carbonyl (C=O) groups is 1. The van der Waals surface area contributed by atoms with Crippen LogP contribution in [-0.2, 0) is 14.3 Å². The molecule has 0 radical (unpaired) electrons. The van der Waals surface area contributed by atoms with Crippen LogP contribution in [0.3, 0.4) is 0 Å². The molecule has 27 heavy (non-hydrogen) atoms. The lowest BCUT2D eigenvalue weighted by atomic mass is 9.93. The van der Waals surface area contributed by atoms with E-state index in [1.165, 1.54) is 0 Å². The first-order valence-electron chi connectivity index (χ1n) is 9.47. The first-order valence-corrected chi connectivity index (χ1v) is 9.47. The Morgan fingerprint density at radius 3 is 2.52 bits per heavy atom. The van der Waals surface area contributed by atoms with Gasteiger partial charge in [-0.1, -0.05) is 35.5 Å². The molecule has 1 N–H and O–H groups in total. The summed E-state index contributed by atoms with van der Waals surface area (Å²) in [7, 11) is 0. The number of anilines is 1.